The fourth-order valence-electron chi connectivity index (χ4n) is 2.11. The van der Waals surface area contributed by atoms with E-state index in [4.69, 9.17) is 10.2 Å². The Balaban J connectivity index is 1.74. The molecule has 3 rings (SSSR count). The minimum absolute atomic E-state index is 0.270. The maximum atomic E-state index is 12.8. The molecule has 0 saturated heterocycles. The van der Waals surface area contributed by atoms with E-state index in [1.54, 1.807) is 13.0 Å². The average molecular weight is 366 g/mol. The fraction of sp³-hybridized carbons (Fsp3) is 0.188. The fourth-order valence-corrected chi connectivity index (χ4v) is 2.88. The lowest BCUT2D eigenvalue weighted by Gasteiger charge is -2.07. The molecule has 0 aliphatic rings. The van der Waals surface area contributed by atoms with Crippen molar-refractivity contribution in [3.63, 3.8) is 0 Å². The summed E-state index contributed by atoms with van der Waals surface area (Å²) in [5.41, 5.74) is 5.98. The smallest absolute Gasteiger partial charge is 0.416 e. The first-order chi connectivity index (χ1) is 11.8. The second-order valence-electron chi connectivity index (χ2n) is 5.20. The van der Waals surface area contributed by atoms with Crippen LogP contribution in [-0.2, 0) is 11.9 Å². The van der Waals surface area contributed by atoms with E-state index in [9.17, 15) is 13.2 Å². The molecule has 25 heavy (non-hydrogen) atoms. The Morgan fingerprint density at radius 1 is 1.20 bits per heavy atom. The highest BCUT2D eigenvalue weighted by atomic mass is 32.2. The topological polar surface area (TPSA) is 77.8 Å². The maximum Gasteiger partial charge on any atom is 0.416 e. The third-order valence-electron chi connectivity index (χ3n) is 3.21. The third kappa shape index (κ3) is 4.30. The monoisotopic (exact) mass is 366 g/mol. The molecule has 0 saturated carbocycles. The van der Waals surface area contributed by atoms with Gasteiger partial charge in [-0.3, -0.25) is 0 Å². The Morgan fingerprint density at radius 3 is 2.72 bits per heavy atom. The molecule has 1 aromatic carbocycles. The van der Waals surface area contributed by atoms with Gasteiger partial charge in [-0.15, -0.1) is 0 Å². The number of hydrogen-bond acceptors (Lipinski definition) is 6. The lowest BCUT2D eigenvalue weighted by Crippen LogP contribution is -2.04. The maximum absolute atomic E-state index is 12.8. The number of nitrogens with zero attached hydrogens (tertiary/aromatic N) is 3. The van der Waals surface area contributed by atoms with Gasteiger partial charge in [0.15, 0.2) is 10.9 Å². The number of nitrogen functional groups attached to an aromatic ring is 1. The highest BCUT2D eigenvalue weighted by Crippen LogP contribution is 2.32. The summed E-state index contributed by atoms with van der Waals surface area (Å²) in [4.78, 5) is 12.4. The summed E-state index contributed by atoms with van der Waals surface area (Å²) in [5.74, 6) is 1.33. The van der Waals surface area contributed by atoms with Gasteiger partial charge in [-0.1, -0.05) is 23.9 Å². The Morgan fingerprint density at radius 2 is 2.00 bits per heavy atom. The molecule has 2 aromatic heterocycles. The van der Waals surface area contributed by atoms with Crippen molar-refractivity contribution in [2.45, 2.75) is 24.0 Å². The van der Waals surface area contributed by atoms with Crippen molar-refractivity contribution in [2.75, 3.05) is 5.73 Å². The Kier molecular flexibility index (Phi) is 4.67. The van der Waals surface area contributed by atoms with Gasteiger partial charge in [-0.05, 0) is 19.1 Å². The van der Waals surface area contributed by atoms with Crippen molar-refractivity contribution in [1.82, 2.24) is 15.0 Å². The molecule has 0 aliphatic heterocycles. The molecule has 2 heterocycles. The lowest BCUT2D eigenvalue weighted by molar-refractivity contribution is -0.137. The molecule has 0 aliphatic carbocycles. The van der Waals surface area contributed by atoms with Crippen LogP contribution in [0.1, 0.15) is 17.1 Å². The van der Waals surface area contributed by atoms with Crippen LogP contribution in [0.15, 0.2) is 46.1 Å². The van der Waals surface area contributed by atoms with E-state index in [2.05, 4.69) is 15.0 Å². The van der Waals surface area contributed by atoms with Crippen molar-refractivity contribution >= 4 is 17.6 Å². The molecule has 130 valence electrons. The quantitative estimate of drug-likeness (QED) is 0.547. The Hall–Kier alpha value is -2.55. The van der Waals surface area contributed by atoms with E-state index in [1.165, 1.54) is 30.1 Å². The number of oxazole rings is 1. The number of hydrogen-bond donors (Lipinski definition) is 1. The van der Waals surface area contributed by atoms with Gasteiger partial charge >= 0.3 is 6.18 Å². The number of rotatable bonds is 4. The molecule has 5 nitrogen and oxygen atoms in total. The van der Waals surface area contributed by atoms with E-state index < -0.39 is 11.7 Å². The van der Waals surface area contributed by atoms with Crippen molar-refractivity contribution in [1.29, 1.82) is 0 Å². The van der Waals surface area contributed by atoms with Gasteiger partial charge < -0.3 is 10.2 Å². The molecule has 0 amide bonds. The van der Waals surface area contributed by atoms with E-state index >= 15 is 0 Å². The molecular weight excluding hydrogens is 353 g/mol. The number of halogens is 3. The minimum atomic E-state index is -4.41. The third-order valence-corrected chi connectivity index (χ3v) is 4.04. The summed E-state index contributed by atoms with van der Waals surface area (Å²) in [7, 11) is 0. The SMILES string of the molecule is Cc1cc(N)nc(SCc2ncc(-c3cccc(C(F)(F)F)c3)o2)n1. The van der Waals surface area contributed by atoms with Gasteiger partial charge in [0.25, 0.3) is 0 Å². The van der Waals surface area contributed by atoms with Crippen LogP contribution >= 0.6 is 11.8 Å². The van der Waals surface area contributed by atoms with Crippen molar-refractivity contribution in [3.8, 4) is 11.3 Å². The van der Waals surface area contributed by atoms with Gasteiger partial charge in [-0.25, -0.2) is 15.0 Å². The number of aromatic nitrogens is 3. The minimum Gasteiger partial charge on any atom is -0.440 e. The van der Waals surface area contributed by atoms with Crippen LogP contribution in [0.3, 0.4) is 0 Å². The number of aryl methyl sites for hydroxylation is 1. The molecule has 0 spiro atoms. The molecule has 2 N–H and O–H groups in total. The van der Waals surface area contributed by atoms with Crippen LogP contribution < -0.4 is 5.73 Å². The van der Waals surface area contributed by atoms with E-state index in [0.29, 0.717) is 28.2 Å². The average Bonchev–Trinajstić information content (AvgIpc) is 3.00. The van der Waals surface area contributed by atoms with Crippen LogP contribution in [0.5, 0.6) is 0 Å². The van der Waals surface area contributed by atoms with Crippen molar-refractivity contribution in [2.24, 2.45) is 0 Å². The Bertz CT molecular complexity index is 875. The summed E-state index contributed by atoms with van der Waals surface area (Å²) < 4.78 is 43.9. The Labute approximate surface area is 145 Å². The second-order valence-corrected chi connectivity index (χ2v) is 6.14. The highest BCUT2D eigenvalue weighted by Gasteiger charge is 2.30. The molecule has 0 atom stereocenters. The zero-order valence-corrected chi connectivity index (χ0v) is 13.9. The molecule has 9 heteroatoms. The van der Waals surface area contributed by atoms with Gasteiger partial charge in [0, 0.05) is 17.3 Å². The van der Waals surface area contributed by atoms with Crippen molar-refractivity contribution in [3.05, 3.63) is 53.7 Å². The normalized spacial score (nSPS) is 11.7. The lowest BCUT2D eigenvalue weighted by atomic mass is 10.1. The summed E-state index contributed by atoms with van der Waals surface area (Å²) in [6.07, 6.45) is -3.01. The van der Waals surface area contributed by atoms with Crippen LogP contribution in [0.4, 0.5) is 19.0 Å². The summed E-state index contributed by atoms with van der Waals surface area (Å²) in [6, 6.07) is 6.56. The van der Waals surface area contributed by atoms with E-state index in [0.717, 1.165) is 17.8 Å². The standard InChI is InChI=1S/C16H13F3N4OS/c1-9-5-13(20)23-15(22-9)25-8-14-21-7-12(24-14)10-3-2-4-11(6-10)16(17,18)19/h2-7H,8H2,1H3,(H2,20,22,23). The van der Waals surface area contributed by atoms with Crippen LogP contribution in [0, 0.1) is 6.92 Å². The molecule has 0 bridgehead atoms. The van der Waals surface area contributed by atoms with Crippen LogP contribution in [0.25, 0.3) is 11.3 Å². The molecule has 0 fully saturated rings. The number of anilines is 1. The number of nitrogens with two attached hydrogens (primary N) is 1. The zero-order chi connectivity index (χ0) is 18.0. The first-order valence-electron chi connectivity index (χ1n) is 7.17. The summed E-state index contributed by atoms with van der Waals surface area (Å²) >= 11 is 1.28. The predicted molar refractivity (Wildman–Crippen MR) is 87.7 cm³/mol. The van der Waals surface area contributed by atoms with Crippen molar-refractivity contribution < 1.29 is 17.6 Å². The largest absolute Gasteiger partial charge is 0.440 e. The zero-order valence-electron chi connectivity index (χ0n) is 13.0. The molecule has 0 unspecified atom stereocenters. The van der Waals surface area contributed by atoms with E-state index in [1.807, 2.05) is 0 Å². The predicted octanol–water partition coefficient (Wildman–Crippen LogP) is 4.33. The first kappa shape index (κ1) is 17.3. The second kappa shape index (κ2) is 6.75. The van der Waals surface area contributed by atoms with Crippen LogP contribution in [-0.4, -0.2) is 15.0 Å². The van der Waals surface area contributed by atoms with Gasteiger partial charge in [0.1, 0.15) is 5.82 Å². The van der Waals surface area contributed by atoms with Crippen LogP contribution in [0.2, 0.25) is 0 Å². The number of thioether (sulfide) groups is 1. The van der Waals surface area contributed by atoms with E-state index in [-0.39, 0.29) is 5.76 Å². The number of benzene rings is 1. The highest BCUT2D eigenvalue weighted by molar-refractivity contribution is 7.98. The number of alkyl halides is 3. The van der Waals surface area contributed by atoms with Gasteiger partial charge in [0.2, 0.25) is 5.89 Å². The molecule has 0 radical (unpaired) electrons. The summed E-state index contributed by atoms with van der Waals surface area (Å²) in [6.45, 7) is 1.80. The first-order valence-corrected chi connectivity index (χ1v) is 8.16. The summed E-state index contributed by atoms with van der Waals surface area (Å²) in [5, 5.41) is 0.483. The molecular formula is C16H13F3N4OS. The van der Waals surface area contributed by atoms with Gasteiger partial charge in [0.05, 0.1) is 17.5 Å². The molecule has 3 aromatic rings. The van der Waals surface area contributed by atoms with Gasteiger partial charge in [-0.2, -0.15) is 13.2 Å².